The molecule has 25 heavy (non-hydrogen) atoms. The van der Waals surface area contributed by atoms with Crippen molar-refractivity contribution in [3.63, 3.8) is 0 Å². The monoisotopic (exact) mass is 347 g/mol. The Balaban J connectivity index is 1.87. The average molecular weight is 347 g/mol. The van der Waals surface area contributed by atoms with Crippen LogP contribution in [-0.4, -0.2) is 53.1 Å². The summed E-state index contributed by atoms with van der Waals surface area (Å²) in [7, 11) is 0. The standard InChI is InChI=1S/C18H25N3O4/c1-13-4-5-14(12-22)11-20(13)18(23)15-6-7-16(17(10-15)21(24)25)19-8-2-3-9-19/h6-7,10,13-14,22H,2-5,8-9,11-12H2,1H3. The van der Waals surface area contributed by atoms with Crippen LogP contribution in [0.5, 0.6) is 0 Å². The maximum atomic E-state index is 12.9. The maximum Gasteiger partial charge on any atom is 0.293 e. The van der Waals surface area contributed by atoms with E-state index >= 15 is 0 Å². The molecule has 0 spiro atoms. The second kappa shape index (κ2) is 7.39. The van der Waals surface area contributed by atoms with Crippen LogP contribution >= 0.6 is 0 Å². The molecule has 1 aromatic carbocycles. The second-order valence-corrected chi connectivity index (χ2v) is 7.09. The van der Waals surface area contributed by atoms with Crippen molar-refractivity contribution in [3.05, 3.63) is 33.9 Å². The van der Waals surface area contributed by atoms with Gasteiger partial charge in [0.15, 0.2) is 0 Å². The van der Waals surface area contributed by atoms with Gasteiger partial charge in [0, 0.05) is 43.9 Å². The van der Waals surface area contributed by atoms with Crippen molar-refractivity contribution in [1.29, 1.82) is 0 Å². The van der Waals surface area contributed by atoms with E-state index in [1.54, 1.807) is 17.0 Å². The Labute approximate surface area is 147 Å². The summed E-state index contributed by atoms with van der Waals surface area (Å²) >= 11 is 0. The molecular formula is C18H25N3O4. The highest BCUT2D eigenvalue weighted by Crippen LogP contribution is 2.33. The Morgan fingerprint density at radius 1 is 1.32 bits per heavy atom. The minimum absolute atomic E-state index is 0.00359. The first-order valence-corrected chi connectivity index (χ1v) is 8.96. The summed E-state index contributed by atoms with van der Waals surface area (Å²) < 4.78 is 0. The topological polar surface area (TPSA) is 86.9 Å². The minimum Gasteiger partial charge on any atom is -0.396 e. The Morgan fingerprint density at radius 2 is 2.04 bits per heavy atom. The number of carbonyl (C=O) groups excluding carboxylic acids is 1. The molecule has 2 atom stereocenters. The third-order valence-electron chi connectivity index (χ3n) is 5.36. The van der Waals surface area contributed by atoms with Crippen LogP contribution < -0.4 is 4.90 Å². The fourth-order valence-electron chi connectivity index (χ4n) is 3.81. The number of nitro benzene ring substituents is 1. The third kappa shape index (κ3) is 3.61. The van der Waals surface area contributed by atoms with E-state index in [1.165, 1.54) is 6.07 Å². The number of amides is 1. The minimum atomic E-state index is -0.402. The van der Waals surface area contributed by atoms with Gasteiger partial charge in [-0.1, -0.05) is 0 Å². The van der Waals surface area contributed by atoms with Crippen LogP contribution in [0.2, 0.25) is 0 Å². The number of rotatable bonds is 4. The zero-order valence-electron chi connectivity index (χ0n) is 14.6. The summed E-state index contributed by atoms with van der Waals surface area (Å²) in [6.45, 7) is 4.17. The zero-order valence-corrected chi connectivity index (χ0v) is 14.6. The van der Waals surface area contributed by atoms with E-state index in [-0.39, 0.29) is 30.2 Å². The Kier molecular flexibility index (Phi) is 5.22. The van der Waals surface area contributed by atoms with Crippen LogP contribution in [-0.2, 0) is 0 Å². The summed E-state index contributed by atoms with van der Waals surface area (Å²) in [5, 5.41) is 20.9. The molecule has 2 heterocycles. The molecule has 1 N–H and O–H groups in total. The maximum absolute atomic E-state index is 12.9. The quantitative estimate of drug-likeness (QED) is 0.668. The lowest BCUT2D eigenvalue weighted by Crippen LogP contribution is -2.46. The molecule has 2 unspecified atom stereocenters. The summed E-state index contributed by atoms with van der Waals surface area (Å²) in [4.78, 5) is 27.7. The van der Waals surface area contributed by atoms with E-state index in [9.17, 15) is 20.0 Å². The molecule has 2 saturated heterocycles. The fourth-order valence-corrected chi connectivity index (χ4v) is 3.81. The van der Waals surface area contributed by atoms with Crippen LogP contribution in [0, 0.1) is 16.0 Å². The number of aliphatic hydroxyl groups excluding tert-OH is 1. The number of piperidine rings is 1. The van der Waals surface area contributed by atoms with Gasteiger partial charge in [0.25, 0.3) is 11.6 Å². The number of aliphatic hydroxyl groups is 1. The number of benzene rings is 1. The van der Waals surface area contributed by atoms with Gasteiger partial charge in [-0.25, -0.2) is 0 Å². The highest BCUT2D eigenvalue weighted by molar-refractivity contribution is 5.96. The smallest absolute Gasteiger partial charge is 0.293 e. The van der Waals surface area contributed by atoms with E-state index in [0.717, 1.165) is 38.8 Å². The Bertz CT molecular complexity index is 658. The van der Waals surface area contributed by atoms with Gasteiger partial charge in [-0.3, -0.25) is 14.9 Å². The highest BCUT2D eigenvalue weighted by atomic mass is 16.6. The van der Waals surface area contributed by atoms with Gasteiger partial charge in [-0.05, 0) is 50.7 Å². The van der Waals surface area contributed by atoms with Crippen LogP contribution in [0.25, 0.3) is 0 Å². The molecule has 2 fully saturated rings. The molecule has 0 saturated carbocycles. The molecule has 1 amide bonds. The number of hydrogen-bond donors (Lipinski definition) is 1. The van der Waals surface area contributed by atoms with Gasteiger partial charge >= 0.3 is 0 Å². The second-order valence-electron chi connectivity index (χ2n) is 7.09. The van der Waals surface area contributed by atoms with Crippen molar-refractivity contribution in [2.45, 2.75) is 38.6 Å². The van der Waals surface area contributed by atoms with Crippen molar-refractivity contribution in [2.24, 2.45) is 5.92 Å². The molecule has 3 rings (SSSR count). The molecule has 0 radical (unpaired) electrons. The van der Waals surface area contributed by atoms with Crippen LogP contribution in [0.3, 0.4) is 0 Å². The fraction of sp³-hybridized carbons (Fsp3) is 0.611. The number of carbonyl (C=O) groups is 1. The number of likely N-dealkylation sites (tertiary alicyclic amines) is 1. The van der Waals surface area contributed by atoms with E-state index in [1.807, 2.05) is 11.8 Å². The van der Waals surface area contributed by atoms with E-state index in [4.69, 9.17) is 0 Å². The number of nitrogens with zero attached hydrogens (tertiary/aromatic N) is 3. The summed E-state index contributed by atoms with van der Waals surface area (Å²) in [6.07, 6.45) is 3.80. The van der Waals surface area contributed by atoms with E-state index in [0.29, 0.717) is 17.8 Å². The molecule has 1 aromatic rings. The molecule has 0 bridgehead atoms. The molecule has 7 heteroatoms. The number of anilines is 1. The van der Waals surface area contributed by atoms with Crippen molar-refractivity contribution in [2.75, 3.05) is 31.1 Å². The van der Waals surface area contributed by atoms with Crippen LogP contribution in [0.1, 0.15) is 43.0 Å². The highest BCUT2D eigenvalue weighted by Gasteiger charge is 2.31. The largest absolute Gasteiger partial charge is 0.396 e. The predicted octanol–water partition coefficient (Wildman–Crippen LogP) is 2.43. The summed E-state index contributed by atoms with van der Waals surface area (Å²) in [5.74, 6) is -0.110. The summed E-state index contributed by atoms with van der Waals surface area (Å²) in [6, 6.07) is 4.88. The molecule has 136 valence electrons. The lowest BCUT2D eigenvalue weighted by atomic mass is 9.93. The van der Waals surface area contributed by atoms with Gasteiger partial charge in [0.2, 0.25) is 0 Å². The number of nitro groups is 1. The molecule has 0 aliphatic carbocycles. The van der Waals surface area contributed by atoms with Crippen molar-refractivity contribution in [1.82, 2.24) is 4.90 Å². The van der Waals surface area contributed by atoms with Crippen molar-refractivity contribution < 1.29 is 14.8 Å². The first kappa shape index (κ1) is 17.7. The summed E-state index contributed by atoms with van der Waals surface area (Å²) in [5.41, 5.74) is 0.940. The molecule has 0 aromatic heterocycles. The normalized spacial score (nSPS) is 23.8. The molecule has 7 nitrogen and oxygen atoms in total. The zero-order chi connectivity index (χ0) is 18.0. The van der Waals surface area contributed by atoms with Crippen LogP contribution in [0.4, 0.5) is 11.4 Å². The Morgan fingerprint density at radius 3 is 2.68 bits per heavy atom. The van der Waals surface area contributed by atoms with Gasteiger partial charge < -0.3 is 14.9 Å². The molecule has 2 aliphatic rings. The van der Waals surface area contributed by atoms with Gasteiger partial charge in [0.05, 0.1) is 4.92 Å². The van der Waals surface area contributed by atoms with E-state index in [2.05, 4.69) is 0 Å². The first-order valence-electron chi connectivity index (χ1n) is 8.96. The van der Waals surface area contributed by atoms with E-state index < -0.39 is 4.92 Å². The molecule has 2 aliphatic heterocycles. The number of hydrogen-bond acceptors (Lipinski definition) is 5. The SMILES string of the molecule is CC1CCC(CO)CN1C(=O)c1ccc(N2CCCC2)c([N+](=O)[O-])c1. The van der Waals surface area contributed by atoms with Gasteiger partial charge in [-0.2, -0.15) is 0 Å². The lowest BCUT2D eigenvalue weighted by molar-refractivity contribution is -0.384. The van der Waals surface area contributed by atoms with Crippen molar-refractivity contribution >= 4 is 17.3 Å². The van der Waals surface area contributed by atoms with Crippen molar-refractivity contribution in [3.8, 4) is 0 Å². The van der Waals surface area contributed by atoms with Gasteiger partial charge in [0.1, 0.15) is 5.69 Å². The molecular weight excluding hydrogens is 322 g/mol. The third-order valence-corrected chi connectivity index (χ3v) is 5.36. The lowest BCUT2D eigenvalue weighted by Gasteiger charge is -2.37. The van der Waals surface area contributed by atoms with Crippen LogP contribution in [0.15, 0.2) is 18.2 Å². The average Bonchev–Trinajstić information content (AvgIpc) is 3.15. The van der Waals surface area contributed by atoms with Gasteiger partial charge in [-0.15, -0.1) is 0 Å². The first-order chi connectivity index (χ1) is 12.0. The predicted molar refractivity (Wildman–Crippen MR) is 94.9 cm³/mol. The Hall–Kier alpha value is -2.15.